The Morgan fingerprint density at radius 2 is 1.45 bits per heavy atom. The molecule has 1 fully saturated rings. The molecule has 0 unspecified atom stereocenters. The predicted octanol–water partition coefficient (Wildman–Crippen LogP) is 7.03. The van der Waals surface area contributed by atoms with Crippen molar-refractivity contribution in [3.8, 4) is 0 Å². The summed E-state index contributed by atoms with van der Waals surface area (Å²) in [5.41, 5.74) is 15.2. The van der Waals surface area contributed by atoms with E-state index in [0.29, 0.717) is 109 Å². The molecular weight excluding hydrogens is 1050 g/mol. The van der Waals surface area contributed by atoms with Crippen LogP contribution in [0.5, 0.6) is 0 Å². The summed E-state index contributed by atoms with van der Waals surface area (Å²) in [5, 5.41) is 19.4. The first-order chi connectivity index (χ1) is 39.3. The van der Waals surface area contributed by atoms with E-state index in [4.69, 9.17) is 16.2 Å². The van der Waals surface area contributed by atoms with Crippen LogP contribution in [0.3, 0.4) is 0 Å². The Bertz CT molecular complexity index is 2680. The van der Waals surface area contributed by atoms with Crippen LogP contribution in [-0.4, -0.2) is 121 Å². The summed E-state index contributed by atoms with van der Waals surface area (Å²) >= 11 is 0. The minimum Gasteiger partial charge on any atom is -0.445 e. The number of anilines is 3. The van der Waals surface area contributed by atoms with Crippen LogP contribution in [0, 0.1) is 17.8 Å². The fourth-order valence-electron chi connectivity index (χ4n) is 9.58. The third-order valence-corrected chi connectivity index (χ3v) is 14.1. The molecule has 0 aliphatic carbocycles. The molecule has 2 aliphatic rings. The number of hydrogen-bond acceptors (Lipinski definition) is 13. The third kappa shape index (κ3) is 21.8. The van der Waals surface area contributed by atoms with Gasteiger partial charge in [-0.1, -0.05) is 85.4 Å². The second kappa shape index (κ2) is 33.6. The maximum atomic E-state index is 13.6. The highest BCUT2D eigenvalue weighted by Gasteiger charge is 2.30. The average Bonchev–Trinajstić information content (AvgIpc) is 3.70. The lowest BCUT2D eigenvalue weighted by molar-refractivity contribution is -0.132. The van der Waals surface area contributed by atoms with Gasteiger partial charge in [0.1, 0.15) is 30.3 Å². The number of nitrogens with zero attached hydrogens (tertiary/aromatic N) is 4. The summed E-state index contributed by atoms with van der Waals surface area (Å²) in [6.45, 7) is 15.1. The number of fused-ring (bicyclic) bond motifs is 1. The molecule has 1 saturated heterocycles. The van der Waals surface area contributed by atoms with Gasteiger partial charge in [0.05, 0.1) is 17.6 Å². The molecule has 5 rings (SSSR count). The lowest BCUT2D eigenvalue weighted by atomic mass is 9.96. The van der Waals surface area contributed by atoms with Crippen molar-refractivity contribution < 1.29 is 43.1 Å². The molecule has 0 radical (unpaired) electrons. The maximum Gasteiger partial charge on any atom is 0.407 e. The number of pyridine rings is 1. The Balaban J connectivity index is 0.999. The number of aromatic nitrogens is 1. The van der Waals surface area contributed by atoms with E-state index in [2.05, 4.69) is 65.9 Å². The number of unbranched alkanes of at least 4 members (excludes halogenated alkanes) is 3. The van der Waals surface area contributed by atoms with Gasteiger partial charge in [-0.05, 0) is 105 Å². The number of rotatable bonds is 31. The quantitative estimate of drug-likeness (QED) is 0.0294. The standard InChI is InChI=1S/C60H87N13O9/c1-7-30-73(31-8-2)58(79)45-34-43-19-20-44(35-49(43)69-50(61)36-45)55(76)68-47-23-24-51(66-37-47)72-32-25-42(26-33-72)54(75)63-28-29-65-60(81)82-38-41-17-21-46(22-18-41)67-56(77)48(15-13-27-64-59(62)80)70-57(78)53(40(5)6)71-52(74)16-12-10-9-11-14-39(3)4/h17-24,34-35,37,39-40,42,48,53H,7-16,25-33,36,38H2,1-6H3,(H2,61,69)(H,63,75)(H,65,81)(H,67,77)(H,68,76)(H,70,78)(H,71,74)(H3,62,64,80)/t48-,53-/m0/s1. The number of urea groups is 1. The number of aliphatic imine (C=N–C) groups is 1. The zero-order valence-corrected chi connectivity index (χ0v) is 48.7. The second-order valence-electron chi connectivity index (χ2n) is 21.7. The number of carbonyl (C=O) groups is 8. The van der Waals surface area contributed by atoms with Crippen molar-refractivity contribution in [3.05, 3.63) is 83.1 Å². The van der Waals surface area contributed by atoms with Crippen molar-refractivity contribution in [2.75, 3.05) is 61.3 Å². The predicted molar refractivity (Wildman–Crippen MR) is 319 cm³/mol. The summed E-state index contributed by atoms with van der Waals surface area (Å²) in [6.07, 6.45) is 11.6. The molecule has 1 aromatic heterocycles. The van der Waals surface area contributed by atoms with Crippen molar-refractivity contribution in [1.82, 2.24) is 36.5 Å². The summed E-state index contributed by atoms with van der Waals surface area (Å²) in [7, 11) is 0. The van der Waals surface area contributed by atoms with E-state index in [1.807, 2.05) is 44.7 Å². The summed E-state index contributed by atoms with van der Waals surface area (Å²) in [6, 6.07) is 12.8. The molecule has 0 spiro atoms. The van der Waals surface area contributed by atoms with Crippen LogP contribution in [0.25, 0.3) is 6.08 Å². The lowest BCUT2D eigenvalue weighted by Gasteiger charge is -2.32. The fraction of sp³-hybridized carbons (Fsp3) is 0.533. The highest BCUT2D eigenvalue weighted by molar-refractivity contribution is 6.08. The van der Waals surface area contributed by atoms with Crippen LogP contribution in [0.1, 0.15) is 146 Å². The van der Waals surface area contributed by atoms with Crippen molar-refractivity contribution >= 4 is 82.4 Å². The molecular formula is C60H87N13O9. The molecule has 2 aliphatic heterocycles. The van der Waals surface area contributed by atoms with Gasteiger partial charge in [-0.15, -0.1) is 0 Å². The number of piperidine rings is 1. The smallest absolute Gasteiger partial charge is 0.407 e. The van der Waals surface area contributed by atoms with Crippen LogP contribution >= 0.6 is 0 Å². The number of nitrogens with one attached hydrogen (secondary N) is 7. The first-order valence-corrected chi connectivity index (χ1v) is 29.0. The Morgan fingerprint density at radius 3 is 2.11 bits per heavy atom. The van der Waals surface area contributed by atoms with Crippen LogP contribution in [0.4, 0.5) is 32.5 Å². The number of amidine groups is 1. The number of ether oxygens (including phenoxy) is 1. The lowest BCUT2D eigenvalue weighted by Crippen LogP contribution is -2.54. The average molecular weight is 1130 g/mol. The number of hydrogen-bond donors (Lipinski definition) is 9. The zero-order valence-electron chi connectivity index (χ0n) is 48.7. The number of benzene rings is 2. The van der Waals surface area contributed by atoms with E-state index in [-0.39, 0.29) is 74.5 Å². The van der Waals surface area contributed by atoms with Gasteiger partial charge in [0, 0.05) is 87.0 Å². The number of nitrogens with two attached hydrogens (primary N) is 2. The van der Waals surface area contributed by atoms with Gasteiger partial charge in [-0.25, -0.2) is 19.6 Å². The number of carbonyl (C=O) groups excluding carboxylic acids is 8. The molecule has 0 saturated carbocycles. The number of alkyl carbamates (subject to hydrolysis) is 1. The monoisotopic (exact) mass is 1130 g/mol. The van der Waals surface area contributed by atoms with E-state index >= 15 is 0 Å². The first-order valence-electron chi connectivity index (χ1n) is 29.0. The van der Waals surface area contributed by atoms with Gasteiger partial charge < -0.3 is 63.2 Å². The topological polar surface area (TPSA) is 314 Å². The van der Waals surface area contributed by atoms with Crippen LogP contribution in [-0.2, 0) is 35.3 Å². The molecule has 446 valence electrons. The Labute approximate surface area is 482 Å². The highest BCUT2D eigenvalue weighted by atomic mass is 16.5. The van der Waals surface area contributed by atoms with E-state index < -0.39 is 36.0 Å². The normalized spacial score (nSPS) is 14.0. The van der Waals surface area contributed by atoms with Crippen LogP contribution < -0.4 is 53.6 Å². The van der Waals surface area contributed by atoms with Crippen molar-refractivity contribution in [1.29, 1.82) is 0 Å². The largest absolute Gasteiger partial charge is 0.445 e. The molecule has 0 bridgehead atoms. The zero-order chi connectivity index (χ0) is 59.6. The van der Waals surface area contributed by atoms with E-state index in [9.17, 15) is 38.4 Å². The first kappa shape index (κ1) is 64.8. The third-order valence-electron chi connectivity index (χ3n) is 14.1. The minimum atomic E-state index is -0.998. The van der Waals surface area contributed by atoms with Crippen LogP contribution in [0.2, 0.25) is 0 Å². The van der Waals surface area contributed by atoms with Gasteiger partial charge in [-0.3, -0.25) is 28.8 Å². The second-order valence-corrected chi connectivity index (χ2v) is 21.7. The van der Waals surface area contributed by atoms with Gasteiger partial charge in [0.15, 0.2) is 0 Å². The van der Waals surface area contributed by atoms with Gasteiger partial charge in [0.2, 0.25) is 29.5 Å². The van der Waals surface area contributed by atoms with Crippen molar-refractivity contribution in [2.24, 2.45) is 34.2 Å². The SMILES string of the molecule is CCCN(CCC)C(=O)C1=Cc2ccc(C(=O)Nc3ccc(N4CCC(C(=O)NCCNC(=O)OCc5ccc(NC(=O)[C@H](CCCNC(N)=O)NC(=O)[C@@H](NC(=O)CCCCCCC(C)C)C(C)C)cc5)CC4)nc3)cc2N=C(N)C1. The molecule has 2 atom stereocenters. The van der Waals surface area contributed by atoms with Gasteiger partial charge in [0.25, 0.3) is 5.91 Å². The van der Waals surface area contributed by atoms with Crippen LogP contribution in [0.15, 0.2) is 71.4 Å². The summed E-state index contributed by atoms with van der Waals surface area (Å²) < 4.78 is 5.37. The fourth-order valence-corrected chi connectivity index (χ4v) is 9.58. The number of primary amides is 1. The molecule has 3 aromatic rings. The molecule has 9 amide bonds. The molecule has 22 nitrogen and oxygen atoms in total. The Kier molecular flexibility index (Phi) is 26.6. The van der Waals surface area contributed by atoms with Crippen molar-refractivity contribution in [2.45, 2.75) is 144 Å². The minimum absolute atomic E-state index is 0.0590. The molecule has 22 heteroatoms. The van der Waals surface area contributed by atoms with Gasteiger partial charge in [-0.2, -0.15) is 0 Å². The summed E-state index contributed by atoms with van der Waals surface area (Å²) in [5.74, 6) is -0.552. The van der Waals surface area contributed by atoms with Gasteiger partial charge >= 0.3 is 12.1 Å². The summed E-state index contributed by atoms with van der Waals surface area (Å²) in [4.78, 5) is 117. The Hall–Kier alpha value is -8.04. The van der Waals surface area contributed by atoms with Crippen molar-refractivity contribution in [3.63, 3.8) is 0 Å². The molecule has 11 N–H and O–H groups in total. The molecule has 3 heterocycles. The van der Waals surface area contributed by atoms with E-state index in [0.717, 1.165) is 44.9 Å². The highest BCUT2D eigenvalue weighted by Crippen LogP contribution is 2.30. The maximum absolute atomic E-state index is 13.6. The molecule has 82 heavy (non-hydrogen) atoms. The van der Waals surface area contributed by atoms with E-state index in [1.165, 1.54) is 0 Å². The number of amides is 9. The molecule has 2 aromatic carbocycles. The van der Waals surface area contributed by atoms with E-state index in [1.54, 1.807) is 54.7 Å². The Morgan fingerprint density at radius 1 is 0.756 bits per heavy atom.